The molecule has 1 aromatic carbocycles. The number of ether oxygens (including phenoxy) is 1. The summed E-state index contributed by atoms with van der Waals surface area (Å²) in [6.07, 6.45) is 0. The van der Waals surface area contributed by atoms with Crippen LogP contribution in [0.5, 0.6) is 5.75 Å². The Hall–Kier alpha value is -1.35. The minimum Gasteiger partial charge on any atom is -0.497 e. The summed E-state index contributed by atoms with van der Waals surface area (Å²) in [5.41, 5.74) is 1.76. The predicted molar refractivity (Wildman–Crippen MR) is 69.8 cm³/mol. The number of nitrogens with one attached hydrogen (secondary N) is 1. The van der Waals surface area contributed by atoms with Gasteiger partial charge in [0.1, 0.15) is 5.75 Å². The summed E-state index contributed by atoms with van der Waals surface area (Å²) in [5.74, 6) is 0.978. The van der Waals surface area contributed by atoms with Gasteiger partial charge in [-0.1, -0.05) is 13.8 Å². The quantitative estimate of drug-likeness (QED) is 0.770. The van der Waals surface area contributed by atoms with Gasteiger partial charge in [0.05, 0.1) is 7.11 Å². The lowest BCUT2D eigenvalue weighted by molar-refractivity contribution is 0.0928. The summed E-state index contributed by atoms with van der Waals surface area (Å²) < 4.78 is 5.13. The van der Waals surface area contributed by atoms with E-state index in [1.807, 2.05) is 39.0 Å². The first-order chi connectivity index (χ1) is 8.10. The summed E-state index contributed by atoms with van der Waals surface area (Å²) >= 11 is 0. The largest absolute Gasteiger partial charge is 0.497 e. The Labute approximate surface area is 103 Å². The molecule has 3 heteroatoms. The van der Waals surface area contributed by atoms with E-state index in [-0.39, 0.29) is 11.7 Å². The third-order valence-corrected chi connectivity index (χ3v) is 2.85. The Morgan fingerprint density at radius 1 is 1.47 bits per heavy atom. The number of Topliss-reactive ketones (excluding diaryl/α,β-unsaturated/α-hetero) is 1. The summed E-state index contributed by atoms with van der Waals surface area (Å²) in [5, 5.41) is 3.20. The van der Waals surface area contributed by atoms with Crippen molar-refractivity contribution in [3.8, 4) is 5.75 Å². The second-order valence-electron chi connectivity index (χ2n) is 4.25. The van der Waals surface area contributed by atoms with Gasteiger partial charge in [-0.05, 0) is 37.2 Å². The van der Waals surface area contributed by atoms with Crippen molar-refractivity contribution in [3.63, 3.8) is 0 Å². The lowest BCUT2D eigenvalue weighted by Crippen LogP contribution is -2.26. The first-order valence-electron chi connectivity index (χ1n) is 5.99. The van der Waals surface area contributed by atoms with E-state index in [1.54, 1.807) is 7.11 Å². The SMILES string of the molecule is CCNCC(C)C(=O)c1ccc(OC)cc1C. The van der Waals surface area contributed by atoms with Crippen LogP contribution in [0.2, 0.25) is 0 Å². The van der Waals surface area contributed by atoms with Crippen LogP contribution < -0.4 is 10.1 Å². The molecule has 0 aliphatic rings. The summed E-state index contributed by atoms with van der Waals surface area (Å²) in [4.78, 5) is 12.2. The van der Waals surface area contributed by atoms with E-state index in [9.17, 15) is 4.79 Å². The molecule has 1 aromatic rings. The number of carbonyl (C=O) groups is 1. The summed E-state index contributed by atoms with van der Waals surface area (Å²) in [7, 11) is 1.63. The Morgan fingerprint density at radius 3 is 2.71 bits per heavy atom. The molecule has 0 bridgehead atoms. The van der Waals surface area contributed by atoms with Gasteiger partial charge in [0.15, 0.2) is 5.78 Å². The van der Waals surface area contributed by atoms with Crippen molar-refractivity contribution in [1.82, 2.24) is 5.32 Å². The maximum atomic E-state index is 12.2. The molecule has 0 aromatic heterocycles. The molecule has 1 rings (SSSR count). The van der Waals surface area contributed by atoms with Crippen molar-refractivity contribution >= 4 is 5.78 Å². The molecule has 1 unspecified atom stereocenters. The van der Waals surface area contributed by atoms with Gasteiger partial charge in [0, 0.05) is 18.0 Å². The lowest BCUT2D eigenvalue weighted by Gasteiger charge is -2.13. The predicted octanol–water partition coefficient (Wildman–Crippen LogP) is 2.43. The normalized spacial score (nSPS) is 12.2. The Balaban J connectivity index is 2.81. The molecule has 0 radical (unpaired) electrons. The average molecular weight is 235 g/mol. The average Bonchev–Trinajstić information content (AvgIpc) is 2.34. The summed E-state index contributed by atoms with van der Waals surface area (Å²) in [6.45, 7) is 7.54. The molecule has 0 aliphatic heterocycles. The number of methoxy groups -OCH3 is 1. The van der Waals surface area contributed by atoms with Crippen molar-refractivity contribution in [2.45, 2.75) is 20.8 Å². The number of hydrogen-bond acceptors (Lipinski definition) is 3. The Kier molecular flexibility index (Phi) is 5.16. The van der Waals surface area contributed by atoms with E-state index < -0.39 is 0 Å². The van der Waals surface area contributed by atoms with Crippen LogP contribution in [-0.2, 0) is 0 Å². The second-order valence-corrected chi connectivity index (χ2v) is 4.25. The highest BCUT2D eigenvalue weighted by Crippen LogP contribution is 2.19. The number of ketones is 1. The third kappa shape index (κ3) is 3.56. The van der Waals surface area contributed by atoms with Gasteiger partial charge >= 0.3 is 0 Å². The zero-order valence-corrected chi connectivity index (χ0v) is 11.0. The van der Waals surface area contributed by atoms with Crippen molar-refractivity contribution in [2.75, 3.05) is 20.2 Å². The highest BCUT2D eigenvalue weighted by Gasteiger charge is 2.16. The standard InChI is InChI=1S/C14H21NO2/c1-5-15-9-11(3)14(16)13-7-6-12(17-4)8-10(13)2/h6-8,11,15H,5,9H2,1-4H3. The molecule has 0 heterocycles. The minimum atomic E-state index is 0.00189. The molecule has 0 spiro atoms. The van der Waals surface area contributed by atoms with E-state index in [0.717, 1.165) is 30.0 Å². The van der Waals surface area contributed by atoms with Crippen LogP contribution in [0.1, 0.15) is 29.8 Å². The van der Waals surface area contributed by atoms with Crippen molar-refractivity contribution in [3.05, 3.63) is 29.3 Å². The first-order valence-corrected chi connectivity index (χ1v) is 5.99. The molecule has 0 saturated carbocycles. The number of benzene rings is 1. The van der Waals surface area contributed by atoms with Crippen LogP contribution in [0.4, 0.5) is 0 Å². The Bertz CT molecular complexity index is 388. The molecule has 0 saturated heterocycles. The van der Waals surface area contributed by atoms with E-state index in [4.69, 9.17) is 4.74 Å². The highest BCUT2D eigenvalue weighted by molar-refractivity contribution is 5.99. The molecule has 94 valence electrons. The van der Waals surface area contributed by atoms with Crippen LogP contribution in [0.3, 0.4) is 0 Å². The smallest absolute Gasteiger partial charge is 0.167 e. The lowest BCUT2D eigenvalue weighted by atomic mass is 9.95. The fourth-order valence-electron chi connectivity index (χ4n) is 1.76. The van der Waals surface area contributed by atoms with Crippen LogP contribution in [0.25, 0.3) is 0 Å². The third-order valence-electron chi connectivity index (χ3n) is 2.85. The first kappa shape index (κ1) is 13.7. The van der Waals surface area contributed by atoms with Crippen LogP contribution in [0.15, 0.2) is 18.2 Å². The molecule has 17 heavy (non-hydrogen) atoms. The molecule has 0 amide bonds. The van der Waals surface area contributed by atoms with Gasteiger partial charge in [0.25, 0.3) is 0 Å². The Morgan fingerprint density at radius 2 is 2.18 bits per heavy atom. The molecule has 1 N–H and O–H groups in total. The van der Waals surface area contributed by atoms with E-state index in [2.05, 4.69) is 5.32 Å². The fraction of sp³-hybridized carbons (Fsp3) is 0.500. The molecular weight excluding hydrogens is 214 g/mol. The molecule has 3 nitrogen and oxygen atoms in total. The number of carbonyl (C=O) groups excluding carboxylic acids is 1. The number of hydrogen-bond donors (Lipinski definition) is 1. The van der Waals surface area contributed by atoms with Crippen molar-refractivity contribution in [1.29, 1.82) is 0 Å². The van der Waals surface area contributed by atoms with Gasteiger partial charge in [-0.15, -0.1) is 0 Å². The second kappa shape index (κ2) is 6.40. The maximum absolute atomic E-state index is 12.2. The van der Waals surface area contributed by atoms with Crippen LogP contribution in [-0.4, -0.2) is 26.0 Å². The fourth-order valence-corrected chi connectivity index (χ4v) is 1.76. The van der Waals surface area contributed by atoms with E-state index >= 15 is 0 Å². The maximum Gasteiger partial charge on any atom is 0.167 e. The van der Waals surface area contributed by atoms with Crippen LogP contribution in [0, 0.1) is 12.8 Å². The van der Waals surface area contributed by atoms with Crippen LogP contribution >= 0.6 is 0 Å². The minimum absolute atomic E-state index is 0.00189. The molecule has 1 atom stereocenters. The van der Waals surface area contributed by atoms with E-state index in [0.29, 0.717) is 0 Å². The molecule has 0 fully saturated rings. The van der Waals surface area contributed by atoms with Gasteiger partial charge in [0.2, 0.25) is 0 Å². The topological polar surface area (TPSA) is 38.3 Å². The zero-order valence-electron chi connectivity index (χ0n) is 11.0. The van der Waals surface area contributed by atoms with Gasteiger partial charge in [-0.2, -0.15) is 0 Å². The highest BCUT2D eigenvalue weighted by atomic mass is 16.5. The van der Waals surface area contributed by atoms with Crippen molar-refractivity contribution < 1.29 is 9.53 Å². The van der Waals surface area contributed by atoms with Gasteiger partial charge < -0.3 is 10.1 Å². The van der Waals surface area contributed by atoms with Gasteiger partial charge in [-0.3, -0.25) is 4.79 Å². The molecular formula is C14H21NO2. The summed E-state index contributed by atoms with van der Waals surface area (Å²) in [6, 6.07) is 5.58. The van der Waals surface area contributed by atoms with Gasteiger partial charge in [-0.25, -0.2) is 0 Å². The van der Waals surface area contributed by atoms with E-state index in [1.165, 1.54) is 0 Å². The number of aryl methyl sites for hydroxylation is 1. The molecule has 0 aliphatic carbocycles. The zero-order chi connectivity index (χ0) is 12.8. The monoisotopic (exact) mass is 235 g/mol. The number of rotatable bonds is 6. The van der Waals surface area contributed by atoms with Crippen molar-refractivity contribution in [2.24, 2.45) is 5.92 Å².